The molecule has 17 heavy (non-hydrogen) atoms. The van der Waals surface area contributed by atoms with E-state index in [-0.39, 0.29) is 18.1 Å². The topological polar surface area (TPSA) is 29.5 Å². The van der Waals surface area contributed by atoms with Crippen molar-refractivity contribution in [2.75, 3.05) is 19.0 Å². The number of amides is 1. The van der Waals surface area contributed by atoms with Crippen LogP contribution in [0.2, 0.25) is 5.02 Å². The van der Waals surface area contributed by atoms with Gasteiger partial charge >= 0.3 is 0 Å². The highest BCUT2D eigenvalue weighted by atomic mass is 35.5. The van der Waals surface area contributed by atoms with E-state index in [1.165, 1.54) is 11.3 Å². The second-order valence-corrected chi connectivity index (χ2v) is 5.65. The Hall–Kier alpha value is -0.290. The molecule has 2 unspecified atom stereocenters. The molecule has 0 radical (unpaired) electrons. The minimum atomic E-state index is -0.0874. The van der Waals surface area contributed by atoms with Crippen molar-refractivity contribution in [3.8, 4) is 0 Å². The lowest BCUT2D eigenvalue weighted by molar-refractivity contribution is -0.0370. The molecule has 1 saturated heterocycles. The van der Waals surface area contributed by atoms with Crippen molar-refractivity contribution in [2.45, 2.75) is 19.1 Å². The zero-order chi connectivity index (χ0) is 12.4. The highest BCUT2D eigenvalue weighted by molar-refractivity contribution is 7.12. The second kappa shape index (κ2) is 5.57. The van der Waals surface area contributed by atoms with Crippen LogP contribution in [-0.2, 0) is 4.74 Å². The van der Waals surface area contributed by atoms with Gasteiger partial charge in [0.05, 0.1) is 29.7 Å². The zero-order valence-electron chi connectivity index (χ0n) is 9.36. The first kappa shape index (κ1) is 13.1. The summed E-state index contributed by atoms with van der Waals surface area (Å²) in [5.41, 5.74) is 0. The number of rotatable bonds is 2. The van der Waals surface area contributed by atoms with E-state index in [9.17, 15) is 4.79 Å². The van der Waals surface area contributed by atoms with E-state index in [1.54, 1.807) is 11.0 Å². The Bertz CT molecular complexity index is 410. The van der Waals surface area contributed by atoms with Crippen molar-refractivity contribution in [2.24, 2.45) is 0 Å². The van der Waals surface area contributed by atoms with Gasteiger partial charge in [-0.2, -0.15) is 0 Å². The number of halogens is 2. The molecule has 1 aromatic rings. The second-order valence-electron chi connectivity index (χ2n) is 4.01. The lowest BCUT2D eigenvalue weighted by Gasteiger charge is -2.37. The fourth-order valence-corrected chi connectivity index (χ4v) is 3.05. The fourth-order valence-electron chi connectivity index (χ4n) is 1.77. The molecule has 1 aromatic heterocycles. The number of alkyl halides is 1. The number of thiophene rings is 1. The van der Waals surface area contributed by atoms with Crippen LogP contribution in [0.5, 0.6) is 0 Å². The minimum Gasteiger partial charge on any atom is -0.373 e. The largest absolute Gasteiger partial charge is 0.373 e. The Kier molecular flexibility index (Phi) is 4.31. The molecular formula is C11H13Cl2NO2S. The highest BCUT2D eigenvalue weighted by Gasteiger charge is 2.31. The summed E-state index contributed by atoms with van der Waals surface area (Å²) < 4.78 is 5.51. The third-order valence-corrected chi connectivity index (χ3v) is 4.42. The van der Waals surface area contributed by atoms with Crippen molar-refractivity contribution >= 4 is 40.4 Å². The quantitative estimate of drug-likeness (QED) is 0.785. The summed E-state index contributed by atoms with van der Waals surface area (Å²) in [6.45, 7) is 3.01. The minimum absolute atomic E-state index is 0.0316. The maximum atomic E-state index is 12.3. The van der Waals surface area contributed by atoms with Gasteiger partial charge < -0.3 is 9.64 Å². The van der Waals surface area contributed by atoms with Gasteiger partial charge in [0.2, 0.25) is 0 Å². The van der Waals surface area contributed by atoms with Crippen LogP contribution < -0.4 is 0 Å². The number of carbonyl (C=O) groups excluding carboxylic acids is 1. The van der Waals surface area contributed by atoms with Gasteiger partial charge in [0.25, 0.3) is 5.91 Å². The number of morpholine rings is 1. The smallest absolute Gasteiger partial charge is 0.265 e. The highest BCUT2D eigenvalue weighted by Crippen LogP contribution is 2.25. The molecule has 1 amide bonds. The number of ether oxygens (including phenoxy) is 1. The fraction of sp³-hybridized carbons (Fsp3) is 0.545. The number of hydrogen-bond donors (Lipinski definition) is 0. The maximum absolute atomic E-state index is 12.3. The number of carbonyl (C=O) groups is 1. The summed E-state index contributed by atoms with van der Waals surface area (Å²) in [4.78, 5) is 14.7. The van der Waals surface area contributed by atoms with E-state index in [0.29, 0.717) is 28.9 Å². The first-order valence-corrected chi connectivity index (χ1v) is 7.14. The van der Waals surface area contributed by atoms with Crippen molar-refractivity contribution in [1.82, 2.24) is 4.90 Å². The van der Waals surface area contributed by atoms with Crippen molar-refractivity contribution in [3.05, 3.63) is 21.3 Å². The molecule has 94 valence electrons. The predicted octanol–water partition coefficient (Wildman–Crippen LogP) is 2.87. The Morgan fingerprint density at radius 2 is 2.47 bits per heavy atom. The Morgan fingerprint density at radius 3 is 3.06 bits per heavy atom. The van der Waals surface area contributed by atoms with Crippen LogP contribution in [0, 0.1) is 0 Å². The molecule has 2 heterocycles. The van der Waals surface area contributed by atoms with Gasteiger partial charge in [0, 0.05) is 6.54 Å². The molecule has 0 aromatic carbocycles. The standard InChI is InChI=1S/C11H13Cl2NO2S/c1-7-6-16-8(4-12)5-14(7)11(15)10-9(13)2-3-17-10/h2-3,7-8H,4-6H2,1H3. The molecule has 0 saturated carbocycles. The average molecular weight is 294 g/mol. The SMILES string of the molecule is CC1COC(CCl)CN1C(=O)c1sccc1Cl. The normalized spacial score (nSPS) is 25.0. The van der Waals surface area contributed by atoms with Gasteiger partial charge in [-0.25, -0.2) is 0 Å². The molecular weight excluding hydrogens is 281 g/mol. The zero-order valence-corrected chi connectivity index (χ0v) is 11.7. The molecule has 1 aliphatic rings. The Labute approximate surface area is 114 Å². The summed E-state index contributed by atoms with van der Waals surface area (Å²) in [6, 6.07) is 1.80. The molecule has 2 atom stereocenters. The van der Waals surface area contributed by atoms with Crippen LogP contribution in [0.15, 0.2) is 11.4 Å². The van der Waals surface area contributed by atoms with E-state index in [2.05, 4.69) is 0 Å². The maximum Gasteiger partial charge on any atom is 0.265 e. The molecule has 2 rings (SSSR count). The molecule has 0 N–H and O–H groups in total. The van der Waals surface area contributed by atoms with Crippen LogP contribution in [0.25, 0.3) is 0 Å². The lowest BCUT2D eigenvalue weighted by Crippen LogP contribution is -2.51. The van der Waals surface area contributed by atoms with Crippen molar-refractivity contribution in [1.29, 1.82) is 0 Å². The molecule has 0 aliphatic carbocycles. The molecule has 3 nitrogen and oxygen atoms in total. The Balaban J connectivity index is 2.15. The predicted molar refractivity (Wildman–Crippen MR) is 70.3 cm³/mol. The van der Waals surface area contributed by atoms with E-state index < -0.39 is 0 Å². The van der Waals surface area contributed by atoms with Gasteiger partial charge in [0.15, 0.2) is 0 Å². The van der Waals surface area contributed by atoms with E-state index in [0.717, 1.165) is 0 Å². The Morgan fingerprint density at radius 1 is 1.71 bits per heavy atom. The van der Waals surface area contributed by atoms with E-state index in [1.807, 2.05) is 12.3 Å². The third-order valence-electron chi connectivity index (χ3n) is 2.75. The van der Waals surface area contributed by atoms with Crippen LogP contribution >= 0.6 is 34.5 Å². The van der Waals surface area contributed by atoms with E-state index >= 15 is 0 Å². The van der Waals surface area contributed by atoms with Crippen molar-refractivity contribution < 1.29 is 9.53 Å². The third kappa shape index (κ3) is 2.76. The summed E-state index contributed by atoms with van der Waals surface area (Å²) in [7, 11) is 0. The summed E-state index contributed by atoms with van der Waals surface area (Å²) in [5.74, 6) is 0.366. The number of hydrogen-bond acceptors (Lipinski definition) is 3. The summed E-state index contributed by atoms with van der Waals surface area (Å²) >= 11 is 13.1. The van der Waals surface area contributed by atoms with Crippen LogP contribution in [0.4, 0.5) is 0 Å². The molecule has 1 aliphatic heterocycles. The summed E-state index contributed by atoms with van der Waals surface area (Å²) in [6.07, 6.45) is -0.0874. The van der Waals surface area contributed by atoms with Gasteiger partial charge in [-0.05, 0) is 18.4 Å². The van der Waals surface area contributed by atoms with Crippen LogP contribution in [0.1, 0.15) is 16.6 Å². The van der Waals surface area contributed by atoms with Gasteiger partial charge in [-0.15, -0.1) is 22.9 Å². The van der Waals surface area contributed by atoms with Gasteiger partial charge in [-0.3, -0.25) is 4.79 Å². The molecule has 0 spiro atoms. The van der Waals surface area contributed by atoms with Gasteiger partial charge in [0.1, 0.15) is 4.88 Å². The molecule has 6 heteroatoms. The van der Waals surface area contributed by atoms with Crippen molar-refractivity contribution in [3.63, 3.8) is 0 Å². The van der Waals surface area contributed by atoms with E-state index in [4.69, 9.17) is 27.9 Å². The number of nitrogens with zero attached hydrogens (tertiary/aromatic N) is 1. The molecule has 0 bridgehead atoms. The molecule has 1 fully saturated rings. The first-order chi connectivity index (χ1) is 8.13. The monoisotopic (exact) mass is 293 g/mol. The average Bonchev–Trinajstić information content (AvgIpc) is 2.75. The first-order valence-electron chi connectivity index (χ1n) is 5.35. The summed E-state index contributed by atoms with van der Waals surface area (Å²) in [5, 5.41) is 2.33. The van der Waals surface area contributed by atoms with Crippen LogP contribution in [-0.4, -0.2) is 42.0 Å². The lowest BCUT2D eigenvalue weighted by atomic mass is 10.2. The van der Waals surface area contributed by atoms with Crippen LogP contribution in [0.3, 0.4) is 0 Å². The van der Waals surface area contributed by atoms with Gasteiger partial charge in [-0.1, -0.05) is 11.6 Å².